The van der Waals surface area contributed by atoms with Crippen LogP contribution in [0.15, 0.2) is 48.8 Å². The van der Waals surface area contributed by atoms with Crippen LogP contribution in [0.2, 0.25) is 0 Å². The summed E-state index contributed by atoms with van der Waals surface area (Å²) < 4.78 is 1.89. The summed E-state index contributed by atoms with van der Waals surface area (Å²) in [7, 11) is 0. The van der Waals surface area contributed by atoms with Crippen LogP contribution >= 0.6 is 0 Å². The smallest absolute Gasteiger partial charge is 0.0593 e. The van der Waals surface area contributed by atoms with Gasteiger partial charge in [0.2, 0.25) is 0 Å². The van der Waals surface area contributed by atoms with Crippen LogP contribution in [0.1, 0.15) is 24.1 Å². The Kier molecular flexibility index (Phi) is 3.73. The van der Waals surface area contributed by atoms with Gasteiger partial charge in [0.05, 0.1) is 12.7 Å². The first-order valence-corrected chi connectivity index (χ1v) is 5.75. The molecule has 0 aliphatic heterocycles. The molecule has 0 amide bonds. The van der Waals surface area contributed by atoms with Crippen molar-refractivity contribution >= 4 is 6.08 Å². The third kappa shape index (κ3) is 3.29. The number of benzene rings is 1. The van der Waals surface area contributed by atoms with E-state index in [1.807, 2.05) is 42.2 Å². The Morgan fingerprint density at radius 2 is 2.12 bits per heavy atom. The highest BCUT2D eigenvalue weighted by Crippen LogP contribution is 2.07. The van der Waals surface area contributed by atoms with Gasteiger partial charge in [-0.1, -0.05) is 42.5 Å². The second kappa shape index (κ2) is 5.46. The number of hydrogen-bond acceptors (Lipinski definition) is 2. The van der Waals surface area contributed by atoms with Crippen molar-refractivity contribution in [1.29, 1.82) is 0 Å². The molecule has 1 heterocycles. The van der Waals surface area contributed by atoms with Crippen molar-refractivity contribution in [1.82, 2.24) is 9.78 Å². The topological polar surface area (TPSA) is 43.8 Å². The first-order valence-electron chi connectivity index (χ1n) is 5.75. The molecular formula is C14H17N3. The van der Waals surface area contributed by atoms with Gasteiger partial charge in [0, 0.05) is 17.8 Å². The molecule has 2 rings (SSSR count). The second-order valence-corrected chi connectivity index (χ2v) is 4.10. The minimum Gasteiger partial charge on any atom is -0.324 e. The number of rotatable bonds is 4. The van der Waals surface area contributed by atoms with Crippen molar-refractivity contribution in [2.75, 3.05) is 0 Å². The summed E-state index contributed by atoms with van der Waals surface area (Å²) in [4.78, 5) is 0. The fourth-order valence-electron chi connectivity index (χ4n) is 1.58. The van der Waals surface area contributed by atoms with Crippen LogP contribution in [0, 0.1) is 0 Å². The van der Waals surface area contributed by atoms with Gasteiger partial charge < -0.3 is 5.73 Å². The molecule has 0 aliphatic carbocycles. The van der Waals surface area contributed by atoms with Gasteiger partial charge in [0.1, 0.15) is 0 Å². The average Bonchev–Trinajstić information content (AvgIpc) is 2.79. The monoisotopic (exact) mass is 227 g/mol. The summed E-state index contributed by atoms with van der Waals surface area (Å²) in [5.41, 5.74) is 8.04. The van der Waals surface area contributed by atoms with E-state index in [2.05, 4.69) is 29.4 Å². The first-order chi connectivity index (χ1) is 8.25. The second-order valence-electron chi connectivity index (χ2n) is 4.10. The normalized spacial score (nSPS) is 13.1. The van der Waals surface area contributed by atoms with Crippen molar-refractivity contribution in [3.05, 3.63) is 59.9 Å². The molecule has 0 fully saturated rings. The van der Waals surface area contributed by atoms with Crippen molar-refractivity contribution in [2.45, 2.75) is 19.5 Å². The maximum absolute atomic E-state index is 5.78. The molecule has 0 saturated carbocycles. The molecule has 1 atom stereocenters. The molecular weight excluding hydrogens is 210 g/mol. The SMILES string of the molecule is C[C@@H](N)c1cnn(C/C=C/c2ccccc2)c1. The maximum Gasteiger partial charge on any atom is 0.0593 e. The fourth-order valence-corrected chi connectivity index (χ4v) is 1.58. The van der Waals surface area contributed by atoms with E-state index in [1.165, 1.54) is 5.56 Å². The molecule has 3 heteroatoms. The van der Waals surface area contributed by atoms with Crippen molar-refractivity contribution in [3.8, 4) is 0 Å². The van der Waals surface area contributed by atoms with Crippen LogP contribution in [0.4, 0.5) is 0 Å². The summed E-state index contributed by atoms with van der Waals surface area (Å²) in [5, 5.41) is 4.25. The van der Waals surface area contributed by atoms with Crippen molar-refractivity contribution < 1.29 is 0 Å². The van der Waals surface area contributed by atoms with Crippen LogP contribution in [0.5, 0.6) is 0 Å². The van der Waals surface area contributed by atoms with Gasteiger partial charge in [0.15, 0.2) is 0 Å². The van der Waals surface area contributed by atoms with Crippen LogP contribution in [0.3, 0.4) is 0 Å². The summed E-state index contributed by atoms with van der Waals surface area (Å²) in [6.45, 7) is 2.72. The number of nitrogens with two attached hydrogens (primary N) is 1. The third-order valence-corrected chi connectivity index (χ3v) is 2.58. The van der Waals surface area contributed by atoms with E-state index in [4.69, 9.17) is 5.73 Å². The molecule has 2 N–H and O–H groups in total. The van der Waals surface area contributed by atoms with Gasteiger partial charge in [-0.15, -0.1) is 0 Å². The summed E-state index contributed by atoms with van der Waals surface area (Å²) in [6.07, 6.45) is 7.99. The fraction of sp³-hybridized carbons (Fsp3) is 0.214. The minimum atomic E-state index is 0.0434. The van der Waals surface area contributed by atoms with Crippen molar-refractivity contribution in [3.63, 3.8) is 0 Å². The maximum atomic E-state index is 5.78. The molecule has 0 spiro atoms. The highest BCUT2D eigenvalue weighted by Gasteiger charge is 2.01. The van der Waals surface area contributed by atoms with E-state index in [-0.39, 0.29) is 6.04 Å². The molecule has 3 nitrogen and oxygen atoms in total. The van der Waals surface area contributed by atoms with Crippen LogP contribution in [-0.2, 0) is 6.54 Å². The lowest BCUT2D eigenvalue weighted by molar-refractivity contribution is 0.701. The highest BCUT2D eigenvalue weighted by atomic mass is 15.3. The summed E-state index contributed by atoms with van der Waals surface area (Å²) in [6, 6.07) is 10.3. The lowest BCUT2D eigenvalue weighted by Crippen LogP contribution is -2.03. The highest BCUT2D eigenvalue weighted by molar-refractivity contribution is 5.48. The largest absolute Gasteiger partial charge is 0.324 e. The van der Waals surface area contributed by atoms with Crippen LogP contribution in [0.25, 0.3) is 6.08 Å². The van der Waals surface area contributed by atoms with Gasteiger partial charge in [-0.2, -0.15) is 5.10 Å². The number of allylic oxidation sites excluding steroid dienone is 1. The Hall–Kier alpha value is -1.87. The quantitative estimate of drug-likeness (QED) is 0.872. The Morgan fingerprint density at radius 3 is 2.76 bits per heavy atom. The number of hydrogen-bond donors (Lipinski definition) is 1. The zero-order valence-corrected chi connectivity index (χ0v) is 9.95. The van der Waals surface area contributed by atoms with E-state index in [0.717, 1.165) is 12.1 Å². The van der Waals surface area contributed by atoms with E-state index < -0.39 is 0 Å². The van der Waals surface area contributed by atoms with Gasteiger partial charge in [0.25, 0.3) is 0 Å². The molecule has 17 heavy (non-hydrogen) atoms. The minimum absolute atomic E-state index is 0.0434. The molecule has 2 aromatic rings. The third-order valence-electron chi connectivity index (χ3n) is 2.58. The Labute approximate surface area is 102 Å². The summed E-state index contributed by atoms with van der Waals surface area (Å²) in [5.74, 6) is 0. The molecule has 0 radical (unpaired) electrons. The van der Waals surface area contributed by atoms with Gasteiger partial charge in [-0.3, -0.25) is 4.68 Å². The predicted molar refractivity (Wildman–Crippen MR) is 70.3 cm³/mol. The average molecular weight is 227 g/mol. The van der Waals surface area contributed by atoms with E-state index in [1.54, 1.807) is 0 Å². The predicted octanol–water partition coefficient (Wildman–Crippen LogP) is 2.62. The standard InChI is InChI=1S/C14H17N3/c1-12(15)14-10-16-17(11-14)9-5-8-13-6-3-2-4-7-13/h2-8,10-12H,9,15H2,1H3/b8-5+/t12-/m1/s1. The van der Waals surface area contributed by atoms with Gasteiger partial charge >= 0.3 is 0 Å². The van der Waals surface area contributed by atoms with Crippen LogP contribution < -0.4 is 5.73 Å². The van der Waals surface area contributed by atoms with E-state index >= 15 is 0 Å². The summed E-state index contributed by atoms with van der Waals surface area (Å²) >= 11 is 0. The van der Waals surface area contributed by atoms with E-state index in [9.17, 15) is 0 Å². The molecule has 0 bridgehead atoms. The Morgan fingerprint density at radius 1 is 1.35 bits per heavy atom. The zero-order valence-electron chi connectivity index (χ0n) is 9.95. The molecule has 1 aromatic carbocycles. The zero-order chi connectivity index (χ0) is 12.1. The first kappa shape index (κ1) is 11.6. The van der Waals surface area contributed by atoms with Crippen molar-refractivity contribution in [2.24, 2.45) is 5.73 Å². The van der Waals surface area contributed by atoms with Gasteiger partial charge in [-0.05, 0) is 12.5 Å². The van der Waals surface area contributed by atoms with Gasteiger partial charge in [-0.25, -0.2) is 0 Å². The molecule has 0 saturated heterocycles. The van der Waals surface area contributed by atoms with E-state index in [0.29, 0.717) is 0 Å². The Bertz CT molecular complexity index is 483. The number of nitrogens with zero attached hydrogens (tertiary/aromatic N) is 2. The molecule has 0 unspecified atom stereocenters. The molecule has 1 aromatic heterocycles. The molecule has 0 aliphatic rings. The lowest BCUT2D eigenvalue weighted by atomic mass is 10.2. The number of aromatic nitrogens is 2. The Balaban J connectivity index is 1.95. The van der Waals surface area contributed by atoms with Crippen LogP contribution in [-0.4, -0.2) is 9.78 Å². The molecule has 88 valence electrons. The lowest BCUT2D eigenvalue weighted by Gasteiger charge is -1.98.